The van der Waals surface area contributed by atoms with Crippen molar-refractivity contribution in [3.05, 3.63) is 12.2 Å². The Labute approximate surface area is 130 Å². The number of hydrogen-bond donors (Lipinski definition) is 0. The smallest absolute Gasteiger partial charge is 0.0655 e. The minimum Gasteiger partial charge on any atom is -0.377 e. The van der Waals surface area contributed by atoms with Crippen LogP contribution in [0, 0.1) is 35.0 Å². The maximum absolute atomic E-state index is 8.99. The van der Waals surface area contributed by atoms with Crippen LogP contribution in [0.5, 0.6) is 0 Å². The van der Waals surface area contributed by atoms with Gasteiger partial charge in [0.25, 0.3) is 0 Å². The van der Waals surface area contributed by atoms with Crippen LogP contribution in [0.15, 0.2) is 12.2 Å². The lowest BCUT2D eigenvalue weighted by molar-refractivity contribution is 0.0801. The fourth-order valence-corrected chi connectivity index (χ4v) is 4.08. The molecular weight excluding hydrogens is 258 g/mol. The van der Waals surface area contributed by atoms with Crippen molar-refractivity contribution in [3.63, 3.8) is 0 Å². The first-order chi connectivity index (χ1) is 10.3. The largest absolute Gasteiger partial charge is 0.377 e. The van der Waals surface area contributed by atoms with Crippen LogP contribution < -0.4 is 0 Å². The van der Waals surface area contributed by atoms with E-state index in [0.717, 1.165) is 50.2 Å². The van der Waals surface area contributed by atoms with Crippen LogP contribution in [0.25, 0.3) is 0 Å². The Bertz CT molecular complexity index is 341. The number of rotatable bonds is 6. The topological polar surface area (TPSA) is 33.0 Å². The van der Waals surface area contributed by atoms with Crippen LogP contribution in [0.1, 0.15) is 64.7 Å². The molecule has 0 heterocycles. The summed E-state index contributed by atoms with van der Waals surface area (Å²) >= 11 is 0. The number of ether oxygens (including phenoxy) is 1. The fraction of sp³-hybridized carbons (Fsp3) is 0.842. The first-order valence-electron chi connectivity index (χ1n) is 8.95. The van der Waals surface area contributed by atoms with E-state index in [-0.39, 0.29) is 0 Å². The maximum Gasteiger partial charge on any atom is 0.0655 e. The Morgan fingerprint density at radius 1 is 0.952 bits per heavy atom. The molecule has 2 aliphatic rings. The van der Waals surface area contributed by atoms with Crippen LogP contribution in [-0.4, -0.2) is 13.2 Å². The second kappa shape index (κ2) is 9.26. The van der Waals surface area contributed by atoms with Gasteiger partial charge in [-0.25, -0.2) is 0 Å². The molecule has 0 aliphatic heterocycles. The lowest BCUT2D eigenvalue weighted by Crippen LogP contribution is -2.26. The van der Waals surface area contributed by atoms with Gasteiger partial charge in [0.05, 0.1) is 12.7 Å². The molecule has 118 valence electrons. The highest BCUT2D eigenvalue weighted by Crippen LogP contribution is 2.41. The molecule has 0 spiro atoms. The van der Waals surface area contributed by atoms with Gasteiger partial charge >= 0.3 is 0 Å². The highest BCUT2D eigenvalue weighted by atomic mass is 16.5. The van der Waals surface area contributed by atoms with Crippen LogP contribution >= 0.6 is 0 Å². The van der Waals surface area contributed by atoms with Gasteiger partial charge < -0.3 is 4.74 Å². The second-order valence-electron chi connectivity index (χ2n) is 6.94. The van der Waals surface area contributed by atoms with E-state index in [4.69, 9.17) is 10.00 Å². The zero-order chi connectivity index (χ0) is 14.9. The van der Waals surface area contributed by atoms with Gasteiger partial charge in [-0.15, -0.1) is 0 Å². The highest BCUT2D eigenvalue weighted by Gasteiger charge is 2.30. The summed E-state index contributed by atoms with van der Waals surface area (Å²) in [6.45, 7) is 3.88. The van der Waals surface area contributed by atoms with Gasteiger partial charge in [-0.2, -0.15) is 5.26 Å². The Balaban J connectivity index is 1.60. The molecule has 2 rings (SSSR count). The standard InChI is InChI=1S/C19H31NO/c1-2-3-4-13-21-15-17-7-11-19(12-8-17)18-9-5-16(14-20)6-10-18/h3-4,16-19H,2,5-13,15H2,1H3. The minimum absolute atomic E-state index is 0.349. The van der Waals surface area contributed by atoms with Crippen molar-refractivity contribution in [2.45, 2.75) is 64.7 Å². The zero-order valence-electron chi connectivity index (χ0n) is 13.6. The molecule has 0 aromatic heterocycles. The molecule has 0 aromatic rings. The van der Waals surface area contributed by atoms with E-state index in [2.05, 4.69) is 25.1 Å². The van der Waals surface area contributed by atoms with Gasteiger partial charge in [-0.05, 0) is 75.5 Å². The molecule has 0 saturated heterocycles. The van der Waals surface area contributed by atoms with Crippen molar-refractivity contribution in [2.24, 2.45) is 23.7 Å². The minimum atomic E-state index is 0.349. The molecule has 2 saturated carbocycles. The summed E-state index contributed by atoms with van der Waals surface area (Å²) in [6.07, 6.45) is 15.8. The van der Waals surface area contributed by atoms with Crippen LogP contribution in [0.3, 0.4) is 0 Å². The summed E-state index contributed by atoms with van der Waals surface area (Å²) in [4.78, 5) is 0. The van der Waals surface area contributed by atoms with Gasteiger partial charge in [0.2, 0.25) is 0 Å². The van der Waals surface area contributed by atoms with Crippen LogP contribution in [0.2, 0.25) is 0 Å². The Morgan fingerprint density at radius 2 is 1.57 bits per heavy atom. The predicted octanol–water partition coefficient (Wildman–Crippen LogP) is 5.11. The van der Waals surface area contributed by atoms with E-state index in [0.29, 0.717) is 5.92 Å². The highest BCUT2D eigenvalue weighted by molar-refractivity contribution is 4.89. The molecule has 0 atom stereocenters. The summed E-state index contributed by atoms with van der Waals surface area (Å²) in [5.41, 5.74) is 0. The van der Waals surface area contributed by atoms with Gasteiger partial charge in [0, 0.05) is 12.5 Å². The zero-order valence-corrected chi connectivity index (χ0v) is 13.6. The summed E-state index contributed by atoms with van der Waals surface area (Å²) in [7, 11) is 0. The van der Waals surface area contributed by atoms with Crippen molar-refractivity contribution in [2.75, 3.05) is 13.2 Å². The van der Waals surface area contributed by atoms with E-state index in [1.165, 1.54) is 38.5 Å². The van der Waals surface area contributed by atoms with Crippen molar-refractivity contribution < 1.29 is 4.74 Å². The van der Waals surface area contributed by atoms with Gasteiger partial charge in [-0.1, -0.05) is 19.1 Å². The first-order valence-corrected chi connectivity index (χ1v) is 8.95. The van der Waals surface area contributed by atoms with E-state index < -0.39 is 0 Å². The molecule has 2 fully saturated rings. The summed E-state index contributed by atoms with van der Waals surface area (Å²) in [5.74, 6) is 2.97. The molecular formula is C19H31NO. The lowest BCUT2D eigenvalue weighted by atomic mass is 9.69. The summed E-state index contributed by atoms with van der Waals surface area (Å²) < 4.78 is 5.76. The van der Waals surface area contributed by atoms with Gasteiger partial charge in [0.1, 0.15) is 0 Å². The monoisotopic (exact) mass is 289 g/mol. The number of allylic oxidation sites excluding steroid dienone is 1. The Hall–Kier alpha value is -0.810. The van der Waals surface area contributed by atoms with Crippen molar-refractivity contribution in [1.82, 2.24) is 0 Å². The van der Waals surface area contributed by atoms with Crippen LogP contribution in [0.4, 0.5) is 0 Å². The lowest BCUT2D eigenvalue weighted by Gasteiger charge is -2.36. The first kappa shape index (κ1) is 16.6. The fourth-order valence-electron chi connectivity index (χ4n) is 4.08. The van der Waals surface area contributed by atoms with E-state index in [1.807, 2.05) is 0 Å². The molecule has 0 radical (unpaired) electrons. The molecule has 2 aliphatic carbocycles. The molecule has 0 bridgehead atoms. The van der Waals surface area contributed by atoms with Crippen molar-refractivity contribution in [3.8, 4) is 6.07 Å². The molecule has 0 amide bonds. The molecule has 0 aromatic carbocycles. The Morgan fingerprint density at radius 3 is 2.14 bits per heavy atom. The average Bonchev–Trinajstić information content (AvgIpc) is 2.55. The third-order valence-electron chi connectivity index (χ3n) is 5.48. The molecule has 21 heavy (non-hydrogen) atoms. The van der Waals surface area contributed by atoms with Crippen molar-refractivity contribution >= 4 is 0 Å². The van der Waals surface area contributed by atoms with Crippen LogP contribution in [-0.2, 0) is 4.74 Å². The van der Waals surface area contributed by atoms with E-state index >= 15 is 0 Å². The predicted molar refractivity (Wildman–Crippen MR) is 86.8 cm³/mol. The third kappa shape index (κ3) is 5.47. The molecule has 2 heteroatoms. The molecule has 0 N–H and O–H groups in total. The normalized spacial score (nSPS) is 33.9. The molecule has 0 unspecified atom stereocenters. The average molecular weight is 289 g/mol. The van der Waals surface area contributed by atoms with E-state index in [1.54, 1.807) is 0 Å². The van der Waals surface area contributed by atoms with Gasteiger partial charge in [-0.3, -0.25) is 0 Å². The SMILES string of the molecule is CCC=CCOCC1CCC(C2CCC(C#N)CC2)CC1. The second-order valence-corrected chi connectivity index (χ2v) is 6.94. The maximum atomic E-state index is 8.99. The van der Waals surface area contributed by atoms with E-state index in [9.17, 15) is 0 Å². The van der Waals surface area contributed by atoms with Gasteiger partial charge in [0.15, 0.2) is 0 Å². The quantitative estimate of drug-likeness (QED) is 0.503. The Kier molecular flexibility index (Phi) is 7.30. The van der Waals surface area contributed by atoms with Crippen molar-refractivity contribution in [1.29, 1.82) is 5.26 Å². The number of nitriles is 1. The summed E-state index contributed by atoms with van der Waals surface area (Å²) in [5, 5.41) is 8.99. The third-order valence-corrected chi connectivity index (χ3v) is 5.48. The number of nitrogens with zero attached hydrogens (tertiary/aromatic N) is 1. The summed E-state index contributed by atoms with van der Waals surface area (Å²) in [6, 6.07) is 2.45. The number of hydrogen-bond acceptors (Lipinski definition) is 2. The molecule has 2 nitrogen and oxygen atoms in total.